The van der Waals surface area contributed by atoms with Crippen LogP contribution in [0.2, 0.25) is 0 Å². The number of carbonyl (C=O) groups is 1. The van der Waals surface area contributed by atoms with E-state index in [2.05, 4.69) is 0 Å². The third-order valence-electron chi connectivity index (χ3n) is 1.92. The molecule has 0 saturated carbocycles. The molecule has 0 saturated heterocycles. The number of cyclic esters (lactones) is 1. The van der Waals surface area contributed by atoms with Gasteiger partial charge < -0.3 is 19.7 Å². The summed E-state index contributed by atoms with van der Waals surface area (Å²) < 4.78 is 9.67. The molecule has 2 atom stereocenters. The molecule has 0 amide bonds. The van der Waals surface area contributed by atoms with Gasteiger partial charge in [0.05, 0.1) is 19.3 Å². The fourth-order valence-electron chi connectivity index (χ4n) is 1.19. The van der Waals surface area contributed by atoms with Crippen LogP contribution in [0.5, 0.6) is 0 Å². The lowest BCUT2D eigenvalue weighted by atomic mass is 10.1. The molecule has 0 aromatic carbocycles. The minimum atomic E-state index is -1.13. The Morgan fingerprint density at radius 1 is 1.69 bits per heavy atom. The third-order valence-corrected chi connectivity index (χ3v) is 1.92. The van der Waals surface area contributed by atoms with Crippen LogP contribution in [0.15, 0.2) is 11.3 Å². The molecule has 0 bridgehead atoms. The Morgan fingerprint density at radius 3 is 2.77 bits per heavy atom. The zero-order valence-corrected chi connectivity index (χ0v) is 7.48. The molecule has 0 aromatic heterocycles. The van der Waals surface area contributed by atoms with Crippen LogP contribution >= 0.6 is 0 Å². The quantitative estimate of drug-likeness (QED) is 0.566. The SMILES string of the molecule is COC1=C(C)C(=O)OC1C(O)CO. The summed E-state index contributed by atoms with van der Waals surface area (Å²) in [4.78, 5) is 11.0. The summed E-state index contributed by atoms with van der Waals surface area (Å²) in [6.45, 7) is 1.07. The Kier molecular flexibility index (Phi) is 2.90. The lowest BCUT2D eigenvalue weighted by Crippen LogP contribution is -2.32. The highest BCUT2D eigenvalue weighted by Crippen LogP contribution is 2.25. The van der Waals surface area contributed by atoms with Crippen molar-refractivity contribution in [1.82, 2.24) is 0 Å². The molecule has 1 rings (SSSR count). The number of ether oxygens (including phenoxy) is 2. The van der Waals surface area contributed by atoms with Crippen molar-refractivity contribution in [2.75, 3.05) is 13.7 Å². The summed E-state index contributed by atoms with van der Waals surface area (Å²) in [5, 5.41) is 17.9. The van der Waals surface area contributed by atoms with Crippen LogP contribution in [0.3, 0.4) is 0 Å². The molecular weight excluding hydrogens is 176 g/mol. The van der Waals surface area contributed by atoms with Gasteiger partial charge in [-0.2, -0.15) is 0 Å². The number of carbonyl (C=O) groups excluding carboxylic acids is 1. The van der Waals surface area contributed by atoms with E-state index in [9.17, 15) is 9.90 Å². The first kappa shape index (κ1) is 10.0. The van der Waals surface area contributed by atoms with Gasteiger partial charge in [0, 0.05) is 0 Å². The van der Waals surface area contributed by atoms with Crippen molar-refractivity contribution in [3.8, 4) is 0 Å². The second-order valence-corrected chi connectivity index (χ2v) is 2.77. The van der Waals surface area contributed by atoms with E-state index in [4.69, 9.17) is 14.6 Å². The minimum absolute atomic E-state index is 0.284. The number of methoxy groups -OCH3 is 1. The molecule has 1 aliphatic rings. The van der Waals surface area contributed by atoms with E-state index >= 15 is 0 Å². The number of esters is 1. The summed E-state index contributed by atoms with van der Waals surface area (Å²) >= 11 is 0. The van der Waals surface area contributed by atoms with Crippen molar-refractivity contribution in [3.05, 3.63) is 11.3 Å². The van der Waals surface area contributed by atoms with E-state index in [-0.39, 0.29) is 5.76 Å². The lowest BCUT2D eigenvalue weighted by Gasteiger charge is -2.17. The number of aliphatic hydroxyl groups is 2. The smallest absolute Gasteiger partial charge is 0.338 e. The van der Waals surface area contributed by atoms with E-state index in [0.717, 1.165) is 0 Å². The number of hydrogen-bond acceptors (Lipinski definition) is 5. The summed E-state index contributed by atoms with van der Waals surface area (Å²) in [5.41, 5.74) is 0.333. The second kappa shape index (κ2) is 3.76. The maximum Gasteiger partial charge on any atom is 0.338 e. The van der Waals surface area contributed by atoms with Crippen molar-refractivity contribution in [1.29, 1.82) is 0 Å². The van der Waals surface area contributed by atoms with E-state index in [1.165, 1.54) is 7.11 Å². The number of aliphatic hydroxyl groups excluding tert-OH is 2. The third kappa shape index (κ3) is 1.66. The first-order chi connectivity index (χ1) is 6.11. The van der Waals surface area contributed by atoms with Gasteiger partial charge in [0.2, 0.25) is 0 Å². The van der Waals surface area contributed by atoms with Crippen LogP contribution in [-0.2, 0) is 14.3 Å². The molecule has 2 N–H and O–H groups in total. The second-order valence-electron chi connectivity index (χ2n) is 2.77. The minimum Gasteiger partial charge on any atom is -0.496 e. The van der Waals surface area contributed by atoms with Gasteiger partial charge in [-0.25, -0.2) is 4.79 Å². The molecule has 0 fully saturated rings. The van der Waals surface area contributed by atoms with Gasteiger partial charge in [-0.1, -0.05) is 0 Å². The molecule has 1 aliphatic heterocycles. The van der Waals surface area contributed by atoms with Gasteiger partial charge >= 0.3 is 5.97 Å². The first-order valence-electron chi connectivity index (χ1n) is 3.86. The summed E-state index contributed by atoms with van der Waals surface area (Å²) in [6.07, 6.45) is -2.00. The van der Waals surface area contributed by atoms with Crippen LogP contribution in [0.1, 0.15) is 6.92 Å². The summed E-state index contributed by atoms with van der Waals surface area (Å²) in [6, 6.07) is 0. The average molecular weight is 188 g/mol. The molecule has 1 heterocycles. The highest BCUT2D eigenvalue weighted by molar-refractivity contribution is 5.91. The largest absolute Gasteiger partial charge is 0.496 e. The Bertz CT molecular complexity index is 245. The highest BCUT2D eigenvalue weighted by Gasteiger charge is 2.37. The van der Waals surface area contributed by atoms with Gasteiger partial charge in [0.25, 0.3) is 0 Å². The monoisotopic (exact) mass is 188 g/mol. The van der Waals surface area contributed by atoms with Gasteiger partial charge in [0.15, 0.2) is 6.10 Å². The van der Waals surface area contributed by atoms with Crippen molar-refractivity contribution in [3.63, 3.8) is 0 Å². The Labute approximate surface area is 75.6 Å². The Morgan fingerprint density at radius 2 is 2.31 bits per heavy atom. The van der Waals surface area contributed by atoms with Crippen molar-refractivity contribution in [2.24, 2.45) is 0 Å². The molecule has 2 unspecified atom stereocenters. The van der Waals surface area contributed by atoms with Gasteiger partial charge in [-0.3, -0.25) is 0 Å². The standard InChI is InChI=1S/C8H12O5/c1-4-6(12-2)7(5(10)3-9)13-8(4)11/h5,7,9-10H,3H2,1-2H3. The zero-order valence-electron chi connectivity index (χ0n) is 7.48. The molecule has 0 radical (unpaired) electrons. The molecule has 0 aliphatic carbocycles. The van der Waals surface area contributed by atoms with E-state index in [1.54, 1.807) is 6.92 Å². The van der Waals surface area contributed by atoms with Gasteiger partial charge in [-0.05, 0) is 6.92 Å². The van der Waals surface area contributed by atoms with Crippen LogP contribution in [0.4, 0.5) is 0 Å². The lowest BCUT2D eigenvalue weighted by molar-refractivity contribution is -0.146. The van der Waals surface area contributed by atoms with E-state index in [1.807, 2.05) is 0 Å². The fourth-order valence-corrected chi connectivity index (χ4v) is 1.19. The maximum atomic E-state index is 11.0. The van der Waals surface area contributed by atoms with E-state index in [0.29, 0.717) is 5.57 Å². The number of rotatable bonds is 3. The molecule has 5 nitrogen and oxygen atoms in total. The van der Waals surface area contributed by atoms with Crippen molar-refractivity contribution >= 4 is 5.97 Å². The van der Waals surface area contributed by atoms with Gasteiger partial charge in [0.1, 0.15) is 11.9 Å². The Balaban J connectivity index is 2.86. The summed E-state index contributed by atoms with van der Waals surface area (Å²) in [7, 11) is 1.39. The Hall–Kier alpha value is -1.07. The van der Waals surface area contributed by atoms with Crippen molar-refractivity contribution < 1.29 is 24.5 Å². The molecular formula is C8H12O5. The maximum absolute atomic E-state index is 11.0. The predicted octanol–water partition coefficient (Wildman–Crippen LogP) is -0.815. The van der Waals surface area contributed by atoms with Crippen LogP contribution in [0, 0.1) is 0 Å². The van der Waals surface area contributed by atoms with Crippen LogP contribution in [0.25, 0.3) is 0 Å². The molecule has 0 spiro atoms. The summed E-state index contributed by atoms with van der Waals surface area (Å²) in [5.74, 6) is -0.235. The fraction of sp³-hybridized carbons (Fsp3) is 0.625. The van der Waals surface area contributed by atoms with Crippen LogP contribution < -0.4 is 0 Å². The highest BCUT2D eigenvalue weighted by atomic mass is 16.6. The predicted molar refractivity (Wildman–Crippen MR) is 42.7 cm³/mol. The molecule has 74 valence electrons. The molecule has 13 heavy (non-hydrogen) atoms. The average Bonchev–Trinajstić information content (AvgIpc) is 2.42. The molecule has 5 heteroatoms. The topological polar surface area (TPSA) is 76.0 Å². The zero-order chi connectivity index (χ0) is 10.0. The molecule has 0 aromatic rings. The normalized spacial score (nSPS) is 24.6. The van der Waals surface area contributed by atoms with Gasteiger partial charge in [-0.15, -0.1) is 0 Å². The van der Waals surface area contributed by atoms with Crippen LogP contribution in [-0.4, -0.2) is 42.1 Å². The first-order valence-corrected chi connectivity index (χ1v) is 3.86. The van der Waals surface area contributed by atoms with Crippen molar-refractivity contribution in [2.45, 2.75) is 19.1 Å². The van der Waals surface area contributed by atoms with E-state index < -0.39 is 24.8 Å². The number of hydrogen-bond donors (Lipinski definition) is 2.